The molecule has 0 unspecified atom stereocenters. The van der Waals surface area contributed by atoms with Crippen LogP contribution in [-0.2, 0) is 24.1 Å². The van der Waals surface area contributed by atoms with E-state index in [1.54, 1.807) is 6.07 Å². The lowest BCUT2D eigenvalue weighted by atomic mass is 9.85. The number of benzene rings is 1. The first-order chi connectivity index (χ1) is 17.1. The zero-order valence-electron chi connectivity index (χ0n) is 19.1. The van der Waals surface area contributed by atoms with Gasteiger partial charge in [-0.2, -0.15) is 18.4 Å². The Kier molecular flexibility index (Phi) is 6.10. The standard InChI is InChI=1S/C23H20BrF4N7O/c1-12-10-33(20-13(8-29)9-30-19-16(20)6-14(24)7-17(19)25)3-2-15(12)21(36)34-4-5-35-18(11-34)31-32-22(35)23(26,27)28/h6-7,9,12,15H,2-5,10-11H2,1H3/t12-,15+/m1/s1. The third-order valence-electron chi connectivity index (χ3n) is 6.84. The quantitative estimate of drug-likeness (QED) is 0.434. The van der Waals surface area contributed by atoms with E-state index in [1.807, 2.05) is 11.8 Å². The minimum atomic E-state index is -4.60. The molecule has 2 aliphatic rings. The lowest BCUT2D eigenvalue weighted by Gasteiger charge is -2.40. The third kappa shape index (κ3) is 4.17. The Bertz CT molecular complexity index is 1400. The molecule has 1 saturated heterocycles. The van der Waals surface area contributed by atoms with Crippen LogP contribution in [0.25, 0.3) is 10.9 Å². The number of hydrogen-bond donors (Lipinski definition) is 0. The summed E-state index contributed by atoms with van der Waals surface area (Å²) in [6.07, 6.45) is -2.77. The smallest absolute Gasteiger partial charge is 0.370 e. The molecule has 188 valence electrons. The monoisotopic (exact) mass is 565 g/mol. The Labute approximate surface area is 211 Å². The van der Waals surface area contributed by atoms with Crippen molar-refractivity contribution in [1.29, 1.82) is 5.26 Å². The van der Waals surface area contributed by atoms with Crippen molar-refractivity contribution in [2.75, 3.05) is 24.5 Å². The highest BCUT2D eigenvalue weighted by molar-refractivity contribution is 9.10. The summed E-state index contributed by atoms with van der Waals surface area (Å²) >= 11 is 3.30. The number of rotatable bonds is 2. The number of pyridine rings is 1. The molecule has 0 aliphatic carbocycles. The number of amides is 1. The summed E-state index contributed by atoms with van der Waals surface area (Å²) in [5, 5.41) is 17.1. The summed E-state index contributed by atoms with van der Waals surface area (Å²) in [5.74, 6) is -2.05. The van der Waals surface area contributed by atoms with Crippen molar-refractivity contribution < 1.29 is 22.4 Å². The second kappa shape index (κ2) is 8.99. The van der Waals surface area contributed by atoms with Crippen molar-refractivity contribution in [3.63, 3.8) is 0 Å². The average Bonchev–Trinajstić information content (AvgIpc) is 3.26. The molecule has 1 aromatic carbocycles. The highest BCUT2D eigenvalue weighted by Gasteiger charge is 2.41. The van der Waals surface area contributed by atoms with E-state index >= 15 is 0 Å². The van der Waals surface area contributed by atoms with Gasteiger partial charge in [-0.15, -0.1) is 10.2 Å². The molecule has 2 aromatic heterocycles. The zero-order valence-corrected chi connectivity index (χ0v) is 20.6. The first-order valence-corrected chi connectivity index (χ1v) is 12.1. The van der Waals surface area contributed by atoms with E-state index in [0.29, 0.717) is 40.6 Å². The van der Waals surface area contributed by atoms with Crippen LogP contribution < -0.4 is 4.90 Å². The Morgan fingerprint density at radius 1 is 1.22 bits per heavy atom. The molecular weight excluding hydrogens is 546 g/mol. The molecular formula is C23H20BrF4N7O. The molecule has 8 nitrogen and oxygen atoms in total. The number of aromatic nitrogens is 4. The summed E-state index contributed by atoms with van der Waals surface area (Å²) in [6, 6.07) is 5.17. The lowest BCUT2D eigenvalue weighted by molar-refractivity contribution is -0.148. The molecule has 1 amide bonds. The van der Waals surface area contributed by atoms with Gasteiger partial charge in [-0.3, -0.25) is 9.78 Å². The molecule has 2 aliphatic heterocycles. The number of alkyl halides is 3. The van der Waals surface area contributed by atoms with Gasteiger partial charge < -0.3 is 14.4 Å². The second-order valence-corrected chi connectivity index (χ2v) is 10.00. The lowest BCUT2D eigenvalue weighted by Crippen LogP contribution is -2.49. The summed E-state index contributed by atoms with van der Waals surface area (Å²) in [6.45, 7) is 2.90. The molecule has 0 saturated carbocycles. The van der Waals surface area contributed by atoms with Crippen molar-refractivity contribution in [2.24, 2.45) is 11.8 Å². The van der Waals surface area contributed by atoms with E-state index in [2.05, 4.69) is 37.2 Å². The predicted octanol–water partition coefficient (Wildman–Crippen LogP) is 4.12. The Morgan fingerprint density at radius 2 is 2.00 bits per heavy atom. The van der Waals surface area contributed by atoms with Crippen LogP contribution in [0.15, 0.2) is 22.8 Å². The number of halogens is 5. The summed E-state index contributed by atoms with van der Waals surface area (Å²) in [4.78, 5) is 21.0. The first kappa shape index (κ1) is 24.4. The van der Waals surface area contributed by atoms with E-state index < -0.39 is 17.8 Å². The SMILES string of the molecule is C[C@@H]1CN(c2c(C#N)cnc3c(F)cc(Br)cc23)CC[C@@H]1C(=O)N1CCn2c(nnc2C(F)(F)F)C1. The Morgan fingerprint density at radius 3 is 2.69 bits per heavy atom. The van der Waals surface area contributed by atoms with Crippen LogP contribution in [0.5, 0.6) is 0 Å². The van der Waals surface area contributed by atoms with Crippen molar-refractivity contribution in [1.82, 2.24) is 24.6 Å². The van der Waals surface area contributed by atoms with Crippen molar-refractivity contribution >= 4 is 38.4 Å². The molecule has 36 heavy (non-hydrogen) atoms. The van der Waals surface area contributed by atoms with Gasteiger partial charge in [0.2, 0.25) is 11.7 Å². The van der Waals surface area contributed by atoms with E-state index in [4.69, 9.17) is 0 Å². The molecule has 0 radical (unpaired) electrons. The maximum Gasteiger partial charge on any atom is 0.451 e. The van der Waals surface area contributed by atoms with Crippen LogP contribution in [0.4, 0.5) is 23.2 Å². The van der Waals surface area contributed by atoms with Gasteiger partial charge in [0.25, 0.3) is 0 Å². The van der Waals surface area contributed by atoms with Gasteiger partial charge in [0, 0.05) is 48.2 Å². The van der Waals surface area contributed by atoms with Crippen LogP contribution in [0.2, 0.25) is 0 Å². The van der Waals surface area contributed by atoms with Crippen LogP contribution in [0.3, 0.4) is 0 Å². The molecule has 2 atom stereocenters. The van der Waals surface area contributed by atoms with Gasteiger partial charge >= 0.3 is 6.18 Å². The highest BCUT2D eigenvalue weighted by Crippen LogP contribution is 2.37. The molecule has 0 spiro atoms. The van der Waals surface area contributed by atoms with Crippen molar-refractivity contribution in [3.8, 4) is 6.07 Å². The zero-order chi connectivity index (χ0) is 25.8. The molecule has 5 rings (SSSR count). The maximum atomic E-state index is 14.5. The number of piperidine rings is 1. The topological polar surface area (TPSA) is 90.9 Å². The third-order valence-corrected chi connectivity index (χ3v) is 7.30. The van der Waals surface area contributed by atoms with Crippen LogP contribution in [-0.4, -0.2) is 50.2 Å². The minimum Gasteiger partial charge on any atom is -0.370 e. The molecule has 0 bridgehead atoms. The molecule has 13 heteroatoms. The number of carbonyl (C=O) groups is 1. The number of nitriles is 1. The number of nitrogens with zero attached hydrogens (tertiary/aromatic N) is 7. The number of carbonyl (C=O) groups excluding carboxylic acids is 1. The van der Waals surface area contributed by atoms with E-state index in [1.165, 1.54) is 17.2 Å². The molecule has 4 heterocycles. The van der Waals surface area contributed by atoms with Crippen LogP contribution in [0.1, 0.15) is 30.6 Å². The van der Waals surface area contributed by atoms with Crippen molar-refractivity contribution in [3.05, 3.63) is 45.8 Å². The number of anilines is 1. The van der Waals surface area contributed by atoms with Gasteiger partial charge in [0.05, 0.1) is 17.8 Å². The molecule has 3 aromatic rings. The van der Waals surface area contributed by atoms with Gasteiger partial charge in [-0.25, -0.2) is 4.39 Å². The Hall–Kier alpha value is -3.27. The second-order valence-electron chi connectivity index (χ2n) is 9.08. The van der Waals surface area contributed by atoms with E-state index in [-0.39, 0.29) is 48.7 Å². The number of hydrogen-bond acceptors (Lipinski definition) is 6. The normalized spacial score (nSPS) is 20.4. The number of fused-ring (bicyclic) bond motifs is 2. The fourth-order valence-corrected chi connectivity index (χ4v) is 5.57. The van der Waals surface area contributed by atoms with Crippen molar-refractivity contribution in [2.45, 2.75) is 32.6 Å². The molecule has 0 N–H and O–H groups in total. The van der Waals surface area contributed by atoms with Gasteiger partial charge in [0.15, 0.2) is 11.6 Å². The fraction of sp³-hybridized carbons (Fsp3) is 0.435. The minimum absolute atomic E-state index is 0.0227. The maximum absolute atomic E-state index is 14.5. The Balaban J connectivity index is 1.36. The van der Waals surface area contributed by atoms with Crippen LogP contribution in [0, 0.1) is 29.0 Å². The van der Waals surface area contributed by atoms with Gasteiger partial charge in [-0.1, -0.05) is 22.9 Å². The predicted molar refractivity (Wildman–Crippen MR) is 124 cm³/mol. The highest BCUT2D eigenvalue weighted by atomic mass is 79.9. The summed E-state index contributed by atoms with van der Waals surface area (Å²) < 4.78 is 55.4. The van der Waals surface area contributed by atoms with E-state index in [9.17, 15) is 27.6 Å². The first-order valence-electron chi connectivity index (χ1n) is 11.3. The van der Waals surface area contributed by atoms with Crippen LogP contribution >= 0.6 is 15.9 Å². The summed E-state index contributed by atoms with van der Waals surface area (Å²) in [5.41, 5.74) is 1.05. The largest absolute Gasteiger partial charge is 0.451 e. The van der Waals surface area contributed by atoms with E-state index in [0.717, 1.165) is 4.57 Å². The van der Waals surface area contributed by atoms with Gasteiger partial charge in [-0.05, 0) is 24.5 Å². The average molecular weight is 566 g/mol. The van der Waals surface area contributed by atoms with Gasteiger partial charge in [0.1, 0.15) is 11.6 Å². The molecule has 1 fully saturated rings. The summed E-state index contributed by atoms with van der Waals surface area (Å²) in [7, 11) is 0. The fourth-order valence-electron chi connectivity index (χ4n) is 5.14.